The molecule has 0 aliphatic carbocycles. The first-order valence-corrected chi connectivity index (χ1v) is 9.60. The van der Waals surface area contributed by atoms with Gasteiger partial charge in [0, 0.05) is 38.2 Å². The van der Waals surface area contributed by atoms with Crippen LogP contribution in [-0.2, 0) is 29.6 Å². The Kier molecular flexibility index (Phi) is 7.38. The first kappa shape index (κ1) is 21.4. The largest absolute Gasteiger partial charge is 0.370 e. The smallest absolute Gasteiger partial charge is 0.269 e. The van der Waals surface area contributed by atoms with Crippen LogP contribution in [0, 0.1) is 5.92 Å². The lowest BCUT2D eigenvalue weighted by Gasteiger charge is -2.24. The van der Waals surface area contributed by atoms with Crippen LogP contribution in [0.4, 0.5) is 0 Å². The van der Waals surface area contributed by atoms with Gasteiger partial charge in [0.1, 0.15) is 5.69 Å². The minimum Gasteiger partial charge on any atom is -0.370 e. The summed E-state index contributed by atoms with van der Waals surface area (Å²) >= 11 is 0. The van der Waals surface area contributed by atoms with Gasteiger partial charge in [0.05, 0.1) is 24.9 Å². The third kappa shape index (κ3) is 5.77. The Morgan fingerprint density at radius 3 is 2.63 bits per heavy atom. The van der Waals surface area contributed by atoms with Gasteiger partial charge in [0.2, 0.25) is 5.91 Å². The van der Waals surface area contributed by atoms with E-state index in [0.29, 0.717) is 50.3 Å². The van der Waals surface area contributed by atoms with E-state index in [-0.39, 0.29) is 17.9 Å². The summed E-state index contributed by atoms with van der Waals surface area (Å²) in [4.78, 5) is 26.6. The van der Waals surface area contributed by atoms with Crippen LogP contribution in [0.2, 0.25) is 0 Å². The van der Waals surface area contributed by atoms with Gasteiger partial charge < -0.3 is 15.4 Å². The number of aromatic nitrogens is 2. The number of carbonyl (C=O) groups is 2. The van der Waals surface area contributed by atoms with E-state index in [1.807, 2.05) is 25.8 Å². The number of ether oxygens (including phenoxy) is 1. The van der Waals surface area contributed by atoms with Crippen LogP contribution >= 0.6 is 0 Å². The minimum atomic E-state index is -0.161. The summed E-state index contributed by atoms with van der Waals surface area (Å²) in [5, 5.41) is 10.3. The van der Waals surface area contributed by atoms with Crippen molar-refractivity contribution in [3.8, 4) is 0 Å². The lowest BCUT2D eigenvalue weighted by atomic mass is 10.0. The van der Waals surface area contributed by atoms with Crippen molar-refractivity contribution in [1.29, 1.82) is 0 Å². The van der Waals surface area contributed by atoms with Crippen molar-refractivity contribution in [2.24, 2.45) is 13.0 Å². The average Bonchev–Trinajstić information content (AvgIpc) is 2.92. The van der Waals surface area contributed by atoms with Gasteiger partial charge in [-0.15, -0.1) is 0 Å². The molecule has 8 nitrogen and oxygen atoms in total. The summed E-state index contributed by atoms with van der Waals surface area (Å²) in [6.07, 6.45) is 0.403. The number of carbonyl (C=O) groups excluding carboxylic acids is 2. The fourth-order valence-corrected chi connectivity index (χ4v) is 2.93. The molecule has 0 saturated carbocycles. The summed E-state index contributed by atoms with van der Waals surface area (Å²) in [6.45, 7) is 9.97. The predicted molar refractivity (Wildman–Crippen MR) is 103 cm³/mol. The van der Waals surface area contributed by atoms with E-state index < -0.39 is 0 Å². The summed E-state index contributed by atoms with van der Waals surface area (Å²) in [5.41, 5.74) is 2.31. The van der Waals surface area contributed by atoms with Crippen LogP contribution in [-0.4, -0.2) is 65.3 Å². The van der Waals surface area contributed by atoms with Gasteiger partial charge in [0.25, 0.3) is 5.91 Å². The quantitative estimate of drug-likeness (QED) is 0.694. The van der Waals surface area contributed by atoms with Crippen molar-refractivity contribution in [2.45, 2.75) is 52.9 Å². The number of nitrogens with one attached hydrogen (secondary N) is 2. The topological polar surface area (TPSA) is 88.5 Å². The molecular weight excluding hydrogens is 346 g/mol. The molecular formula is C19H33N5O3. The Bertz CT molecular complexity index is 669. The second-order valence-corrected chi connectivity index (χ2v) is 7.95. The van der Waals surface area contributed by atoms with Gasteiger partial charge in [-0.05, 0) is 26.8 Å². The van der Waals surface area contributed by atoms with Crippen LogP contribution in [0.5, 0.6) is 0 Å². The molecule has 1 atom stereocenters. The van der Waals surface area contributed by atoms with Crippen LogP contribution in [0.15, 0.2) is 0 Å². The Morgan fingerprint density at radius 1 is 1.30 bits per heavy atom. The Hall–Kier alpha value is -1.93. The molecule has 0 bridgehead atoms. The molecule has 8 heteroatoms. The molecule has 0 aromatic carbocycles. The Morgan fingerprint density at radius 2 is 2.00 bits per heavy atom. The number of fused-ring (bicyclic) bond motifs is 1. The number of hydrogen-bond donors (Lipinski definition) is 2. The van der Waals surface area contributed by atoms with E-state index in [1.54, 1.807) is 11.7 Å². The van der Waals surface area contributed by atoms with Crippen molar-refractivity contribution < 1.29 is 14.3 Å². The van der Waals surface area contributed by atoms with Gasteiger partial charge >= 0.3 is 0 Å². The molecule has 2 N–H and O–H groups in total. The molecule has 2 rings (SSSR count). The molecule has 27 heavy (non-hydrogen) atoms. The summed E-state index contributed by atoms with van der Waals surface area (Å²) in [7, 11) is 3.70. The van der Waals surface area contributed by atoms with E-state index in [0.717, 1.165) is 11.3 Å². The molecule has 1 aliphatic heterocycles. The fraction of sp³-hybridized carbons (Fsp3) is 0.737. The van der Waals surface area contributed by atoms with Crippen LogP contribution in [0.25, 0.3) is 0 Å². The lowest BCUT2D eigenvalue weighted by molar-refractivity contribution is -0.123. The standard InChI is InChI=1S/C19H33N5O3/c1-12(2)8-21-19(26)18-15-7-14(27-11-16(15)22-24(18)6)9-20-17(25)10-23(5)13(3)4/h12-14H,7-11H2,1-6H3,(H,20,25)(H,21,26). The average molecular weight is 380 g/mol. The zero-order chi connectivity index (χ0) is 20.1. The predicted octanol–water partition coefficient (Wildman–Crippen LogP) is 0.704. The van der Waals surface area contributed by atoms with Crippen LogP contribution < -0.4 is 10.6 Å². The highest BCUT2D eigenvalue weighted by atomic mass is 16.5. The van der Waals surface area contributed by atoms with Gasteiger partial charge in [0.15, 0.2) is 0 Å². The molecule has 0 fully saturated rings. The van der Waals surface area contributed by atoms with E-state index in [9.17, 15) is 9.59 Å². The molecule has 1 unspecified atom stereocenters. The molecule has 0 saturated heterocycles. The number of aryl methyl sites for hydroxylation is 1. The minimum absolute atomic E-state index is 0.0262. The zero-order valence-electron chi connectivity index (χ0n) is 17.3. The first-order valence-electron chi connectivity index (χ1n) is 9.60. The number of amides is 2. The number of nitrogens with zero attached hydrogens (tertiary/aromatic N) is 3. The number of rotatable bonds is 8. The first-order chi connectivity index (χ1) is 12.7. The Labute approximate surface area is 161 Å². The molecule has 1 aromatic rings. The third-order valence-electron chi connectivity index (χ3n) is 4.80. The van der Waals surface area contributed by atoms with Crippen molar-refractivity contribution in [3.05, 3.63) is 17.0 Å². The maximum atomic E-state index is 12.6. The van der Waals surface area contributed by atoms with E-state index in [4.69, 9.17) is 4.74 Å². The molecule has 1 aromatic heterocycles. The molecule has 152 valence electrons. The van der Waals surface area contributed by atoms with Crippen molar-refractivity contribution in [1.82, 2.24) is 25.3 Å². The lowest BCUT2D eigenvalue weighted by Crippen LogP contribution is -2.42. The highest BCUT2D eigenvalue weighted by Gasteiger charge is 2.29. The SMILES string of the molecule is CC(C)CNC(=O)c1c2c(nn1C)COC(CNC(=O)CN(C)C(C)C)C2. The maximum Gasteiger partial charge on any atom is 0.269 e. The Balaban J connectivity index is 1.96. The number of hydrogen-bond acceptors (Lipinski definition) is 5. The fourth-order valence-electron chi connectivity index (χ4n) is 2.93. The molecule has 0 radical (unpaired) electrons. The summed E-state index contributed by atoms with van der Waals surface area (Å²) in [6, 6.07) is 0.312. The normalized spacial score (nSPS) is 16.7. The molecule has 0 spiro atoms. The van der Waals surface area contributed by atoms with Crippen molar-refractivity contribution >= 4 is 11.8 Å². The van der Waals surface area contributed by atoms with Crippen LogP contribution in [0.1, 0.15) is 49.4 Å². The third-order valence-corrected chi connectivity index (χ3v) is 4.80. The maximum absolute atomic E-state index is 12.6. The van der Waals surface area contributed by atoms with Crippen LogP contribution in [0.3, 0.4) is 0 Å². The molecule has 2 amide bonds. The van der Waals surface area contributed by atoms with Gasteiger partial charge in [-0.2, -0.15) is 5.10 Å². The van der Waals surface area contributed by atoms with E-state index in [1.165, 1.54) is 0 Å². The van der Waals surface area contributed by atoms with Gasteiger partial charge in [-0.3, -0.25) is 19.2 Å². The highest BCUT2D eigenvalue weighted by Crippen LogP contribution is 2.23. The van der Waals surface area contributed by atoms with Gasteiger partial charge in [-0.25, -0.2) is 0 Å². The van der Waals surface area contributed by atoms with E-state index >= 15 is 0 Å². The summed E-state index contributed by atoms with van der Waals surface area (Å²) < 4.78 is 7.44. The summed E-state index contributed by atoms with van der Waals surface area (Å²) in [5.74, 6) is 0.248. The second kappa shape index (κ2) is 9.32. The zero-order valence-corrected chi connectivity index (χ0v) is 17.3. The van der Waals surface area contributed by atoms with E-state index in [2.05, 4.69) is 29.6 Å². The van der Waals surface area contributed by atoms with Gasteiger partial charge in [-0.1, -0.05) is 13.8 Å². The molecule has 2 heterocycles. The van der Waals surface area contributed by atoms with Crippen molar-refractivity contribution in [3.63, 3.8) is 0 Å². The monoisotopic (exact) mass is 379 g/mol. The second-order valence-electron chi connectivity index (χ2n) is 7.95. The number of likely N-dealkylation sites (N-methyl/N-ethyl adjacent to an activating group) is 1. The molecule has 1 aliphatic rings. The van der Waals surface area contributed by atoms with Crippen molar-refractivity contribution in [2.75, 3.05) is 26.7 Å². The highest BCUT2D eigenvalue weighted by molar-refractivity contribution is 5.94.